The molecular formula is C25H27NO5S. The molecule has 0 atom stereocenters. The Bertz CT molecular complexity index is 1280. The molecule has 168 valence electrons. The van der Waals surface area contributed by atoms with Crippen molar-refractivity contribution in [2.75, 3.05) is 4.31 Å². The second-order valence-corrected chi connectivity index (χ2v) is 10.3. The van der Waals surface area contributed by atoms with E-state index in [9.17, 15) is 18.0 Å². The third kappa shape index (κ3) is 3.97. The summed E-state index contributed by atoms with van der Waals surface area (Å²) in [6.07, 6.45) is 4.21. The summed E-state index contributed by atoms with van der Waals surface area (Å²) in [7, 11) is -4.15. The van der Waals surface area contributed by atoms with Crippen molar-refractivity contribution in [3.63, 3.8) is 0 Å². The first kappa shape index (κ1) is 22.3. The van der Waals surface area contributed by atoms with Crippen LogP contribution in [0.15, 0.2) is 51.8 Å². The Hall–Kier alpha value is -2.93. The smallest absolute Gasteiger partial charge is 0.270 e. The van der Waals surface area contributed by atoms with Gasteiger partial charge in [0.05, 0.1) is 16.1 Å². The van der Waals surface area contributed by atoms with E-state index in [1.165, 1.54) is 19.1 Å². The second kappa shape index (κ2) is 8.54. The van der Waals surface area contributed by atoms with E-state index < -0.39 is 15.9 Å². The van der Waals surface area contributed by atoms with Crippen LogP contribution >= 0.6 is 0 Å². The van der Waals surface area contributed by atoms with Gasteiger partial charge in [0.1, 0.15) is 11.3 Å². The maximum atomic E-state index is 13.7. The minimum absolute atomic E-state index is 0.0579. The summed E-state index contributed by atoms with van der Waals surface area (Å²) in [5.41, 5.74) is 2.03. The maximum absolute atomic E-state index is 13.7. The van der Waals surface area contributed by atoms with Gasteiger partial charge in [-0.1, -0.05) is 37.0 Å². The number of anilines is 1. The molecule has 7 heteroatoms. The molecule has 1 aliphatic carbocycles. The monoisotopic (exact) mass is 453 g/mol. The van der Waals surface area contributed by atoms with Crippen LogP contribution in [0.2, 0.25) is 0 Å². The number of carbonyl (C=O) groups is 2. The summed E-state index contributed by atoms with van der Waals surface area (Å²) in [4.78, 5) is 25.9. The van der Waals surface area contributed by atoms with Crippen LogP contribution in [0.25, 0.3) is 11.0 Å². The molecule has 2 aromatic carbocycles. The topological polar surface area (TPSA) is 84.7 Å². The number of Topliss-reactive ketones (excluding diaryl/α,β-unsaturated/α-hetero) is 1. The number of furan rings is 1. The average Bonchev–Trinajstić information content (AvgIpc) is 3.10. The number of aryl methyl sites for hydroxylation is 2. The molecule has 4 rings (SSSR count). The summed E-state index contributed by atoms with van der Waals surface area (Å²) in [5.74, 6) is -0.478. The average molecular weight is 454 g/mol. The quantitative estimate of drug-likeness (QED) is 0.473. The second-order valence-electron chi connectivity index (χ2n) is 8.53. The number of ketones is 1. The fraction of sp³-hybridized carbons (Fsp3) is 0.360. The maximum Gasteiger partial charge on any atom is 0.270 e. The number of benzene rings is 2. The van der Waals surface area contributed by atoms with Crippen molar-refractivity contribution in [1.82, 2.24) is 0 Å². The highest BCUT2D eigenvalue weighted by molar-refractivity contribution is 7.93. The summed E-state index contributed by atoms with van der Waals surface area (Å²) in [6.45, 7) is 5.02. The highest BCUT2D eigenvalue weighted by Gasteiger charge is 2.36. The van der Waals surface area contributed by atoms with Gasteiger partial charge in [-0.2, -0.15) is 0 Å². The largest absolute Gasteiger partial charge is 0.461 e. The molecule has 0 saturated heterocycles. The van der Waals surface area contributed by atoms with E-state index in [0.29, 0.717) is 35.1 Å². The van der Waals surface area contributed by atoms with Gasteiger partial charge in [0.25, 0.3) is 10.0 Å². The van der Waals surface area contributed by atoms with Gasteiger partial charge < -0.3 is 4.42 Å². The Morgan fingerprint density at radius 2 is 1.62 bits per heavy atom. The van der Waals surface area contributed by atoms with Crippen LogP contribution in [0, 0.1) is 19.8 Å². The minimum Gasteiger partial charge on any atom is -0.461 e. The minimum atomic E-state index is -4.15. The fourth-order valence-corrected chi connectivity index (χ4v) is 5.96. The summed E-state index contributed by atoms with van der Waals surface area (Å²) < 4.78 is 34.0. The number of fused-ring (bicyclic) bond motifs is 1. The van der Waals surface area contributed by atoms with Crippen LogP contribution in [0.3, 0.4) is 0 Å². The zero-order valence-electron chi connectivity index (χ0n) is 18.6. The normalized spacial score (nSPS) is 15.1. The van der Waals surface area contributed by atoms with Crippen LogP contribution < -0.4 is 4.31 Å². The van der Waals surface area contributed by atoms with E-state index in [1.807, 2.05) is 6.92 Å². The molecule has 0 spiro atoms. The Balaban J connectivity index is 1.89. The highest BCUT2D eigenvalue weighted by Crippen LogP contribution is 2.35. The van der Waals surface area contributed by atoms with Crippen LogP contribution in [0.1, 0.15) is 60.7 Å². The van der Waals surface area contributed by atoms with Crippen LogP contribution in [0.4, 0.5) is 5.69 Å². The lowest BCUT2D eigenvalue weighted by Crippen LogP contribution is -2.41. The van der Waals surface area contributed by atoms with Crippen molar-refractivity contribution in [1.29, 1.82) is 0 Å². The molecule has 1 amide bonds. The van der Waals surface area contributed by atoms with Crippen molar-refractivity contribution in [2.24, 2.45) is 5.92 Å². The molecule has 0 N–H and O–H groups in total. The van der Waals surface area contributed by atoms with E-state index in [1.54, 1.807) is 37.3 Å². The van der Waals surface area contributed by atoms with Crippen LogP contribution in [0.5, 0.6) is 0 Å². The Kier molecular flexibility index (Phi) is 5.95. The molecule has 1 fully saturated rings. The van der Waals surface area contributed by atoms with E-state index in [-0.39, 0.29) is 22.3 Å². The molecule has 1 aliphatic rings. The summed E-state index contributed by atoms with van der Waals surface area (Å²) in [5, 5.41) is 0.507. The van der Waals surface area contributed by atoms with Crippen molar-refractivity contribution in [2.45, 2.75) is 57.8 Å². The lowest BCUT2D eigenvalue weighted by Gasteiger charge is -2.29. The predicted octanol–water partition coefficient (Wildman–Crippen LogP) is 5.55. The molecule has 32 heavy (non-hydrogen) atoms. The fourth-order valence-electron chi connectivity index (χ4n) is 4.49. The van der Waals surface area contributed by atoms with Crippen LogP contribution in [-0.4, -0.2) is 20.1 Å². The van der Waals surface area contributed by atoms with Gasteiger partial charge >= 0.3 is 0 Å². The van der Waals surface area contributed by atoms with Gasteiger partial charge in [-0.25, -0.2) is 12.7 Å². The first-order valence-corrected chi connectivity index (χ1v) is 12.3. The number of rotatable bonds is 5. The van der Waals surface area contributed by atoms with Gasteiger partial charge in [-0.05, 0) is 63.9 Å². The number of sulfonamides is 1. The summed E-state index contributed by atoms with van der Waals surface area (Å²) in [6, 6.07) is 11.2. The molecule has 1 heterocycles. The van der Waals surface area contributed by atoms with E-state index in [4.69, 9.17) is 4.42 Å². The number of amides is 1. The molecule has 3 aromatic rings. The predicted molar refractivity (Wildman–Crippen MR) is 123 cm³/mol. The number of carbonyl (C=O) groups excluding carboxylic acids is 2. The van der Waals surface area contributed by atoms with E-state index in [2.05, 4.69) is 0 Å². The zero-order valence-corrected chi connectivity index (χ0v) is 19.4. The summed E-state index contributed by atoms with van der Waals surface area (Å²) >= 11 is 0. The number of hydrogen-bond donors (Lipinski definition) is 0. The molecule has 0 aliphatic heterocycles. The molecule has 0 radical (unpaired) electrons. The van der Waals surface area contributed by atoms with Gasteiger partial charge in [0, 0.05) is 11.3 Å². The lowest BCUT2D eigenvalue weighted by atomic mass is 9.88. The van der Waals surface area contributed by atoms with Gasteiger partial charge in [-0.15, -0.1) is 0 Å². The molecule has 0 bridgehead atoms. The third-order valence-electron chi connectivity index (χ3n) is 6.15. The Morgan fingerprint density at radius 1 is 0.969 bits per heavy atom. The first-order chi connectivity index (χ1) is 15.2. The van der Waals surface area contributed by atoms with Crippen molar-refractivity contribution in [3.8, 4) is 0 Å². The zero-order chi connectivity index (χ0) is 23.0. The van der Waals surface area contributed by atoms with Gasteiger partial charge in [0.15, 0.2) is 5.78 Å². The molecule has 1 saturated carbocycles. The Labute approximate surface area is 188 Å². The number of hydrogen-bond acceptors (Lipinski definition) is 5. The first-order valence-electron chi connectivity index (χ1n) is 10.9. The standard InChI is InChI=1S/C25H27NO5S/c1-16-9-12-21(13-10-16)32(29,30)26(25(28)19-7-5-4-6-8-19)20-11-14-23-22(15-20)24(17(2)27)18(3)31-23/h9-15,19H,4-8H2,1-3H3. The SMILES string of the molecule is CC(=O)c1c(C)oc2ccc(N(C(=O)C3CCCCC3)S(=O)(=O)c3ccc(C)cc3)cc12. The molecule has 1 aromatic heterocycles. The molecule has 6 nitrogen and oxygen atoms in total. The lowest BCUT2D eigenvalue weighted by molar-refractivity contribution is -0.122. The van der Waals surface area contributed by atoms with Gasteiger partial charge in [0.2, 0.25) is 5.91 Å². The van der Waals surface area contributed by atoms with Crippen LogP contribution in [-0.2, 0) is 14.8 Å². The van der Waals surface area contributed by atoms with Gasteiger partial charge in [-0.3, -0.25) is 9.59 Å². The van der Waals surface area contributed by atoms with Crippen molar-refractivity contribution in [3.05, 3.63) is 59.4 Å². The van der Waals surface area contributed by atoms with Crippen molar-refractivity contribution >= 4 is 38.4 Å². The molecular weight excluding hydrogens is 426 g/mol. The highest BCUT2D eigenvalue weighted by atomic mass is 32.2. The van der Waals surface area contributed by atoms with E-state index in [0.717, 1.165) is 29.1 Å². The van der Waals surface area contributed by atoms with E-state index >= 15 is 0 Å². The number of nitrogens with zero attached hydrogens (tertiary/aromatic N) is 1. The Morgan fingerprint density at radius 3 is 2.25 bits per heavy atom. The third-order valence-corrected chi connectivity index (χ3v) is 7.89. The molecule has 0 unspecified atom stereocenters. The van der Waals surface area contributed by atoms with Crippen molar-refractivity contribution < 1.29 is 22.4 Å².